The molecule has 1 heterocycles. The highest BCUT2D eigenvalue weighted by Gasteiger charge is 2.39. The van der Waals surface area contributed by atoms with E-state index in [4.69, 9.17) is 0 Å². The van der Waals surface area contributed by atoms with E-state index in [0.717, 1.165) is 35.9 Å². The molecule has 1 aliphatic rings. The number of sulfonamides is 1. The summed E-state index contributed by atoms with van der Waals surface area (Å²) in [5, 5.41) is 1.93. The molecule has 1 aliphatic carbocycles. The van der Waals surface area contributed by atoms with Gasteiger partial charge in [0.15, 0.2) is 0 Å². The molecule has 7 heteroatoms. The Hall–Kier alpha value is -1.31. The summed E-state index contributed by atoms with van der Waals surface area (Å²) in [6.45, 7) is 0.281. The predicted octanol–water partition coefficient (Wildman–Crippen LogP) is 3.42. The number of thiophene rings is 1. The molecular formula is C15H15F2NO2S2. The molecule has 1 aromatic carbocycles. The van der Waals surface area contributed by atoms with Gasteiger partial charge in [0.05, 0.1) is 0 Å². The van der Waals surface area contributed by atoms with Crippen LogP contribution < -0.4 is 0 Å². The largest absolute Gasteiger partial charge is 0.246 e. The third kappa shape index (κ3) is 3.21. The Morgan fingerprint density at radius 3 is 2.64 bits per heavy atom. The van der Waals surface area contributed by atoms with Crippen molar-refractivity contribution in [2.45, 2.75) is 30.2 Å². The first-order valence-corrected chi connectivity index (χ1v) is 9.30. The fraction of sp³-hybridized carbons (Fsp3) is 0.333. The van der Waals surface area contributed by atoms with Crippen LogP contribution in [0.5, 0.6) is 0 Å². The van der Waals surface area contributed by atoms with Gasteiger partial charge in [-0.05, 0) is 48.9 Å². The summed E-state index contributed by atoms with van der Waals surface area (Å²) >= 11 is 1.55. The standard InChI is InChI=1S/C15H15F2NO2S2/c16-11-3-6-14(17)15(10-11)22(19,20)18(12-4-5-12)8-7-13-2-1-9-21-13/h1-3,6,9-10,12H,4-5,7-8H2. The van der Waals surface area contributed by atoms with Crippen LogP contribution in [0.4, 0.5) is 8.78 Å². The van der Waals surface area contributed by atoms with Gasteiger partial charge in [-0.15, -0.1) is 11.3 Å². The van der Waals surface area contributed by atoms with E-state index in [2.05, 4.69) is 0 Å². The topological polar surface area (TPSA) is 37.4 Å². The summed E-state index contributed by atoms with van der Waals surface area (Å²) in [4.78, 5) is 0.492. The molecule has 0 radical (unpaired) electrons. The normalized spacial score (nSPS) is 15.4. The molecule has 3 rings (SSSR count). The van der Waals surface area contributed by atoms with Gasteiger partial charge in [-0.1, -0.05) is 6.07 Å². The van der Waals surface area contributed by atoms with Crippen LogP contribution in [0.25, 0.3) is 0 Å². The molecule has 0 amide bonds. The van der Waals surface area contributed by atoms with Crippen molar-refractivity contribution < 1.29 is 17.2 Å². The molecule has 1 fully saturated rings. The molecule has 0 bridgehead atoms. The summed E-state index contributed by atoms with van der Waals surface area (Å²) in [6, 6.07) is 6.26. The molecule has 2 aromatic rings. The number of rotatable bonds is 6. The number of hydrogen-bond acceptors (Lipinski definition) is 3. The van der Waals surface area contributed by atoms with E-state index >= 15 is 0 Å². The van der Waals surface area contributed by atoms with E-state index in [1.165, 1.54) is 4.31 Å². The molecule has 0 unspecified atom stereocenters. The van der Waals surface area contributed by atoms with Gasteiger partial charge in [-0.2, -0.15) is 4.31 Å². The maximum Gasteiger partial charge on any atom is 0.246 e. The maximum atomic E-state index is 13.9. The fourth-order valence-electron chi connectivity index (χ4n) is 2.34. The van der Waals surface area contributed by atoms with Crippen molar-refractivity contribution in [3.63, 3.8) is 0 Å². The summed E-state index contributed by atoms with van der Waals surface area (Å²) in [7, 11) is -4.02. The van der Waals surface area contributed by atoms with E-state index < -0.39 is 26.6 Å². The van der Waals surface area contributed by atoms with Crippen LogP contribution in [0.1, 0.15) is 17.7 Å². The van der Waals surface area contributed by atoms with Gasteiger partial charge >= 0.3 is 0 Å². The second-order valence-electron chi connectivity index (χ2n) is 5.25. The lowest BCUT2D eigenvalue weighted by Gasteiger charge is -2.22. The Morgan fingerprint density at radius 1 is 1.23 bits per heavy atom. The Balaban J connectivity index is 1.88. The first-order valence-electron chi connectivity index (χ1n) is 6.98. The van der Waals surface area contributed by atoms with Gasteiger partial charge in [0, 0.05) is 17.5 Å². The second-order valence-corrected chi connectivity index (χ2v) is 8.14. The van der Waals surface area contributed by atoms with Crippen LogP contribution in [-0.2, 0) is 16.4 Å². The van der Waals surface area contributed by atoms with Crippen LogP contribution in [0.3, 0.4) is 0 Å². The first kappa shape index (κ1) is 15.6. The molecule has 1 saturated carbocycles. The fourth-order valence-corrected chi connectivity index (χ4v) is 4.80. The van der Waals surface area contributed by atoms with Crippen LogP contribution in [0.2, 0.25) is 0 Å². The zero-order valence-electron chi connectivity index (χ0n) is 11.7. The van der Waals surface area contributed by atoms with Gasteiger partial charge in [0.2, 0.25) is 10.0 Å². The van der Waals surface area contributed by atoms with E-state index in [9.17, 15) is 17.2 Å². The predicted molar refractivity (Wildman–Crippen MR) is 81.3 cm³/mol. The third-order valence-electron chi connectivity index (χ3n) is 3.59. The van der Waals surface area contributed by atoms with E-state index in [1.807, 2.05) is 17.5 Å². The average molecular weight is 343 g/mol. The zero-order valence-corrected chi connectivity index (χ0v) is 13.3. The molecule has 0 saturated heterocycles. The van der Waals surface area contributed by atoms with Crippen molar-refractivity contribution in [2.24, 2.45) is 0 Å². The summed E-state index contributed by atoms with van der Waals surface area (Å²) in [5.41, 5.74) is 0. The third-order valence-corrected chi connectivity index (χ3v) is 6.50. The Kier molecular flexibility index (Phi) is 4.29. The molecule has 0 aliphatic heterocycles. The Bertz CT molecular complexity index is 756. The van der Waals surface area contributed by atoms with Crippen molar-refractivity contribution in [3.8, 4) is 0 Å². The van der Waals surface area contributed by atoms with E-state index in [0.29, 0.717) is 6.42 Å². The van der Waals surface area contributed by atoms with Crippen LogP contribution >= 0.6 is 11.3 Å². The SMILES string of the molecule is O=S(=O)(c1cc(F)ccc1F)N(CCc1cccs1)C1CC1. The Labute approximate surface area is 132 Å². The number of hydrogen-bond donors (Lipinski definition) is 0. The highest BCUT2D eigenvalue weighted by Crippen LogP contribution is 2.33. The monoisotopic (exact) mass is 343 g/mol. The van der Waals surface area contributed by atoms with Crippen LogP contribution in [-0.4, -0.2) is 25.3 Å². The molecule has 22 heavy (non-hydrogen) atoms. The minimum atomic E-state index is -4.02. The lowest BCUT2D eigenvalue weighted by Crippen LogP contribution is -2.35. The van der Waals surface area contributed by atoms with Crippen molar-refractivity contribution in [1.82, 2.24) is 4.31 Å². The number of nitrogens with zero attached hydrogens (tertiary/aromatic N) is 1. The highest BCUT2D eigenvalue weighted by molar-refractivity contribution is 7.89. The number of benzene rings is 1. The number of halogens is 2. The van der Waals surface area contributed by atoms with Gasteiger partial charge in [-0.3, -0.25) is 0 Å². The average Bonchev–Trinajstić information content (AvgIpc) is 3.16. The van der Waals surface area contributed by atoms with Crippen LogP contribution in [0, 0.1) is 11.6 Å². The van der Waals surface area contributed by atoms with Gasteiger partial charge in [0.1, 0.15) is 16.5 Å². The lowest BCUT2D eigenvalue weighted by molar-refractivity contribution is 0.403. The lowest BCUT2D eigenvalue weighted by atomic mass is 10.3. The second kappa shape index (κ2) is 6.06. The molecule has 0 spiro atoms. The van der Waals surface area contributed by atoms with E-state index in [1.54, 1.807) is 11.3 Å². The highest BCUT2D eigenvalue weighted by atomic mass is 32.2. The van der Waals surface area contributed by atoms with Crippen molar-refractivity contribution >= 4 is 21.4 Å². The molecule has 118 valence electrons. The minimum Gasteiger partial charge on any atom is -0.207 e. The van der Waals surface area contributed by atoms with Gasteiger partial charge < -0.3 is 0 Å². The zero-order chi connectivity index (χ0) is 15.7. The van der Waals surface area contributed by atoms with Gasteiger partial charge in [-0.25, -0.2) is 17.2 Å². The maximum absolute atomic E-state index is 13.9. The quantitative estimate of drug-likeness (QED) is 0.806. The first-order chi connectivity index (χ1) is 10.5. The summed E-state index contributed by atoms with van der Waals surface area (Å²) < 4.78 is 53.8. The summed E-state index contributed by atoms with van der Waals surface area (Å²) in [5.74, 6) is -1.67. The van der Waals surface area contributed by atoms with Crippen LogP contribution in [0.15, 0.2) is 40.6 Å². The molecule has 0 atom stereocenters. The smallest absolute Gasteiger partial charge is 0.207 e. The van der Waals surface area contributed by atoms with Gasteiger partial charge in [0.25, 0.3) is 0 Å². The van der Waals surface area contributed by atoms with Crippen molar-refractivity contribution in [3.05, 3.63) is 52.2 Å². The molecule has 0 N–H and O–H groups in total. The molecule has 3 nitrogen and oxygen atoms in total. The van der Waals surface area contributed by atoms with Crippen molar-refractivity contribution in [2.75, 3.05) is 6.54 Å². The minimum absolute atomic E-state index is 0.104. The molecule has 1 aromatic heterocycles. The van der Waals surface area contributed by atoms with Crippen molar-refractivity contribution in [1.29, 1.82) is 0 Å². The Morgan fingerprint density at radius 2 is 2.00 bits per heavy atom. The van der Waals surface area contributed by atoms with E-state index in [-0.39, 0.29) is 12.6 Å². The molecular weight excluding hydrogens is 328 g/mol. The summed E-state index contributed by atoms with van der Waals surface area (Å²) in [6.07, 6.45) is 2.10.